The maximum atomic E-state index is 13.0. The average molecular weight is 459 g/mol. The van der Waals surface area contributed by atoms with Crippen molar-refractivity contribution in [2.45, 2.75) is 25.9 Å². The summed E-state index contributed by atoms with van der Waals surface area (Å²) in [5, 5.41) is 2.93. The lowest BCUT2D eigenvalue weighted by molar-refractivity contribution is -0.596. The van der Waals surface area contributed by atoms with E-state index in [9.17, 15) is 9.59 Å². The summed E-state index contributed by atoms with van der Waals surface area (Å²) < 4.78 is 12.5. The van der Waals surface area contributed by atoms with Crippen molar-refractivity contribution in [1.82, 2.24) is 10.7 Å². The normalized spacial score (nSPS) is 18.5. The fourth-order valence-electron chi connectivity index (χ4n) is 3.97. The SMILES string of the molecule is COc1ccc(/C=[N+]2\NC(=O)[C@H](NC(=O)c3ccc(C)cc3)[C@@H]2c2ccc(C)cc2)cc1OC. The summed E-state index contributed by atoms with van der Waals surface area (Å²) in [6.45, 7) is 3.97. The van der Waals surface area contributed by atoms with Crippen LogP contribution >= 0.6 is 0 Å². The van der Waals surface area contributed by atoms with Gasteiger partial charge in [0.25, 0.3) is 5.91 Å². The summed E-state index contributed by atoms with van der Waals surface area (Å²) in [4.78, 5) is 26.0. The number of aryl methyl sites for hydroxylation is 2. The molecule has 0 radical (unpaired) electrons. The number of carbonyl (C=O) groups excluding carboxylic acids is 2. The molecule has 2 amide bonds. The summed E-state index contributed by atoms with van der Waals surface area (Å²) in [6, 6.07) is 19.5. The van der Waals surface area contributed by atoms with Gasteiger partial charge in [-0.05, 0) is 44.2 Å². The first-order valence-corrected chi connectivity index (χ1v) is 11.0. The molecule has 0 aromatic heterocycles. The minimum Gasteiger partial charge on any atom is -0.493 e. The highest BCUT2D eigenvalue weighted by Gasteiger charge is 2.47. The predicted molar refractivity (Wildman–Crippen MR) is 129 cm³/mol. The van der Waals surface area contributed by atoms with Gasteiger partial charge in [-0.3, -0.25) is 9.59 Å². The van der Waals surface area contributed by atoms with Crippen LogP contribution < -0.4 is 20.2 Å². The van der Waals surface area contributed by atoms with Crippen LogP contribution in [0.4, 0.5) is 0 Å². The number of hydrazine groups is 1. The standard InChI is InChI=1S/C27H27N3O4/c1-17-5-10-20(11-6-17)25-24(28-26(31)21-12-7-18(2)8-13-21)27(32)29-30(25)16-19-9-14-22(33-3)23(15-19)34-4/h5-16,24-25H,1-4H3,(H-,28,29,31,32)/p+1/b30-16-/t24-,25+/m1/s1. The minimum absolute atomic E-state index is 0.289. The Hall–Kier alpha value is -4.13. The van der Waals surface area contributed by atoms with Gasteiger partial charge in [0, 0.05) is 16.7 Å². The van der Waals surface area contributed by atoms with Gasteiger partial charge in [-0.15, -0.1) is 10.1 Å². The number of hydrogen-bond acceptors (Lipinski definition) is 4. The van der Waals surface area contributed by atoms with Gasteiger partial charge in [0.15, 0.2) is 17.5 Å². The van der Waals surface area contributed by atoms with Crippen LogP contribution in [0.15, 0.2) is 66.7 Å². The predicted octanol–water partition coefficient (Wildman–Crippen LogP) is 3.34. The molecule has 174 valence electrons. The highest BCUT2D eigenvalue weighted by Crippen LogP contribution is 2.29. The lowest BCUT2D eigenvalue weighted by Crippen LogP contribution is -2.42. The Morgan fingerprint density at radius 1 is 0.912 bits per heavy atom. The van der Waals surface area contributed by atoms with Crippen molar-refractivity contribution in [3.05, 3.63) is 94.5 Å². The molecule has 0 saturated carbocycles. The van der Waals surface area contributed by atoms with Gasteiger partial charge in [0.1, 0.15) is 0 Å². The number of amides is 2. The molecular weight excluding hydrogens is 430 g/mol. The van der Waals surface area contributed by atoms with Crippen LogP contribution in [0.1, 0.15) is 38.7 Å². The van der Waals surface area contributed by atoms with Crippen LogP contribution in [0.5, 0.6) is 11.5 Å². The number of benzene rings is 3. The molecule has 3 aromatic rings. The van der Waals surface area contributed by atoms with E-state index in [1.165, 1.54) is 0 Å². The molecule has 0 aliphatic carbocycles. The fourth-order valence-corrected chi connectivity index (χ4v) is 3.97. The number of nitrogens with zero attached hydrogens (tertiary/aromatic N) is 1. The Balaban J connectivity index is 1.71. The largest absolute Gasteiger partial charge is 0.493 e. The van der Waals surface area contributed by atoms with Gasteiger partial charge < -0.3 is 14.8 Å². The fraction of sp³-hybridized carbons (Fsp3) is 0.222. The van der Waals surface area contributed by atoms with Crippen LogP contribution in [-0.4, -0.2) is 43.0 Å². The van der Waals surface area contributed by atoms with E-state index in [0.29, 0.717) is 17.1 Å². The quantitative estimate of drug-likeness (QED) is 0.556. The molecule has 7 heteroatoms. The lowest BCUT2D eigenvalue weighted by Gasteiger charge is -2.15. The summed E-state index contributed by atoms with van der Waals surface area (Å²) in [6.07, 6.45) is 1.82. The summed E-state index contributed by atoms with van der Waals surface area (Å²) in [7, 11) is 3.15. The van der Waals surface area contributed by atoms with Crippen LogP contribution in [-0.2, 0) is 4.79 Å². The lowest BCUT2D eigenvalue weighted by atomic mass is 9.98. The van der Waals surface area contributed by atoms with Gasteiger partial charge in [-0.2, -0.15) is 0 Å². The number of hydrogen-bond donors (Lipinski definition) is 2. The molecule has 0 spiro atoms. The maximum absolute atomic E-state index is 13.0. The molecule has 1 saturated heterocycles. The Morgan fingerprint density at radius 3 is 2.15 bits per heavy atom. The van der Waals surface area contributed by atoms with Gasteiger partial charge in [0.2, 0.25) is 12.3 Å². The molecule has 0 unspecified atom stereocenters. The third kappa shape index (κ3) is 4.78. The van der Waals surface area contributed by atoms with Crippen LogP contribution in [0.25, 0.3) is 0 Å². The smallest absolute Gasteiger partial charge is 0.304 e. The number of methoxy groups -OCH3 is 2. The molecule has 1 fully saturated rings. The van der Waals surface area contributed by atoms with Crippen molar-refractivity contribution in [3.8, 4) is 11.5 Å². The molecule has 7 nitrogen and oxygen atoms in total. The van der Waals surface area contributed by atoms with E-state index in [-0.39, 0.29) is 11.8 Å². The van der Waals surface area contributed by atoms with Crippen molar-refractivity contribution in [1.29, 1.82) is 0 Å². The van der Waals surface area contributed by atoms with E-state index in [0.717, 1.165) is 22.3 Å². The van der Waals surface area contributed by atoms with Crippen LogP contribution in [0, 0.1) is 13.8 Å². The van der Waals surface area contributed by atoms with Crippen LogP contribution in [0.3, 0.4) is 0 Å². The number of rotatable bonds is 6. The highest BCUT2D eigenvalue weighted by atomic mass is 16.5. The molecule has 0 bridgehead atoms. The van der Waals surface area contributed by atoms with Crippen LogP contribution in [0.2, 0.25) is 0 Å². The number of ether oxygens (including phenoxy) is 2. The molecule has 3 aromatic carbocycles. The summed E-state index contributed by atoms with van der Waals surface area (Å²) in [5.74, 6) is 0.606. The molecule has 2 N–H and O–H groups in total. The van der Waals surface area contributed by atoms with Crippen molar-refractivity contribution < 1.29 is 23.7 Å². The highest BCUT2D eigenvalue weighted by molar-refractivity contribution is 5.98. The number of carbonyl (C=O) groups is 2. The zero-order valence-corrected chi connectivity index (χ0v) is 19.7. The van der Waals surface area contributed by atoms with Gasteiger partial charge in [-0.1, -0.05) is 47.5 Å². The van der Waals surface area contributed by atoms with Crippen molar-refractivity contribution >= 4 is 18.0 Å². The van der Waals surface area contributed by atoms with E-state index in [2.05, 4.69) is 10.7 Å². The molecule has 1 heterocycles. The van der Waals surface area contributed by atoms with E-state index < -0.39 is 12.1 Å². The number of hydrazone groups is 1. The topological polar surface area (TPSA) is 79.7 Å². The zero-order chi connectivity index (χ0) is 24.2. The molecular formula is C27H28N3O4+. The zero-order valence-electron chi connectivity index (χ0n) is 19.7. The van der Waals surface area contributed by atoms with E-state index >= 15 is 0 Å². The average Bonchev–Trinajstić information content (AvgIpc) is 3.14. The van der Waals surface area contributed by atoms with E-state index in [1.54, 1.807) is 37.1 Å². The van der Waals surface area contributed by atoms with E-state index in [4.69, 9.17) is 9.47 Å². The summed E-state index contributed by atoms with van der Waals surface area (Å²) >= 11 is 0. The first kappa shape index (κ1) is 23.0. The maximum Gasteiger partial charge on any atom is 0.304 e. The Kier molecular flexibility index (Phi) is 6.63. The van der Waals surface area contributed by atoms with Gasteiger partial charge in [0.05, 0.1) is 14.2 Å². The molecule has 4 rings (SSSR count). The third-order valence-electron chi connectivity index (χ3n) is 5.85. The Bertz CT molecular complexity index is 1230. The van der Waals surface area contributed by atoms with Crippen molar-refractivity contribution in [3.63, 3.8) is 0 Å². The molecule has 2 atom stereocenters. The Labute approximate surface area is 199 Å². The summed E-state index contributed by atoms with van der Waals surface area (Å²) in [5.41, 5.74) is 7.27. The first-order valence-electron chi connectivity index (χ1n) is 11.0. The second-order valence-corrected chi connectivity index (χ2v) is 8.30. The number of nitrogens with one attached hydrogen (secondary N) is 2. The van der Waals surface area contributed by atoms with Gasteiger partial charge in [-0.25, -0.2) is 0 Å². The molecule has 1 aliphatic heterocycles. The Morgan fingerprint density at radius 2 is 1.53 bits per heavy atom. The first-order chi connectivity index (χ1) is 16.4. The van der Waals surface area contributed by atoms with E-state index in [1.807, 2.05) is 68.6 Å². The molecule has 34 heavy (non-hydrogen) atoms. The second kappa shape index (κ2) is 9.79. The van der Waals surface area contributed by atoms with Crippen molar-refractivity contribution in [2.24, 2.45) is 0 Å². The van der Waals surface area contributed by atoms with Gasteiger partial charge >= 0.3 is 5.91 Å². The second-order valence-electron chi connectivity index (χ2n) is 8.30. The third-order valence-corrected chi connectivity index (χ3v) is 5.85. The molecule has 1 aliphatic rings. The van der Waals surface area contributed by atoms with Crippen molar-refractivity contribution in [2.75, 3.05) is 14.2 Å². The minimum atomic E-state index is -0.784. The monoisotopic (exact) mass is 458 g/mol.